The van der Waals surface area contributed by atoms with Gasteiger partial charge in [0.1, 0.15) is 5.54 Å². The van der Waals surface area contributed by atoms with E-state index >= 15 is 0 Å². The molecule has 1 saturated carbocycles. The van der Waals surface area contributed by atoms with E-state index in [1.165, 1.54) is 6.92 Å². The molecule has 0 aromatic heterocycles. The highest BCUT2D eigenvalue weighted by Gasteiger charge is 2.47. The summed E-state index contributed by atoms with van der Waals surface area (Å²) in [6, 6.07) is 0.148. The Morgan fingerprint density at radius 2 is 2.00 bits per heavy atom. The van der Waals surface area contributed by atoms with Crippen LogP contribution in [-0.4, -0.2) is 33.5 Å². The zero-order valence-electron chi connectivity index (χ0n) is 9.62. The Balaban J connectivity index is 2.93. The molecule has 0 aliphatic heterocycles. The van der Waals surface area contributed by atoms with E-state index in [1.54, 1.807) is 11.8 Å². The molecule has 1 unspecified atom stereocenters. The van der Waals surface area contributed by atoms with E-state index in [0.29, 0.717) is 6.42 Å². The molecule has 1 aliphatic carbocycles. The van der Waals surface area contributed by atoms with E-state index in [-0.39, 0.29) is 11.9 Å². The Labute approximate surface area is 90.3 Å². The third kappa shape index (κ3) is 2.30. The summed E-state index contributed by atoms with van der Waals surface area (Å²) >= 11 is 0. The predicted octanol–water partition coefficient (Wildman–Crippen LogP) is 1.64. The molecule has 0 heterocycles. The minimum atomic E-state index is -1.03. The van der Waals surface area contributed by atoms with Crippen LogP contribution >= 0.6 is 0 Å². The molecule has 1 aliphatic rings. The van der Waals surface area contributed by atoms with Crippen LogP contribution in [0.5, 0.6) is 0 Å². The van der Waals surface area contributed by atoms with E-state index in [2.05, 4.69) is 0 Å². The van der Waals surface area contributed by atoms with Crippen LogP contribution in [0, 0.1) is 0 Å². The molecule has 4 nitrogen and oxygen atoms in total. The number of hydrogen-bond donors (Lipinski definition) is 1. The van der Waals surface area contributed by atoms with Gasteiger partial charge in [0.15, 0.2) is 0 Å². The highest BCUT2D eigenvalue weighted by Crippen LogP contribution is 2.35. The first-order valence-electron chi connectivity index (χ1n) is 5.46. The first-order chi connectivity index (χ1) is 6.93. The maximum Gasteiger partial charge on any atom is 0.329 e. The van der Waals surface area contributed by atoms with Crippen molar-refractivity contribution in [2.24, 2.45) is 0 Å². The number of aliphatic carboxylic acids is 1. The zero-order valence-corrected chi connectivity index (χ0v) is 9.62. The fraction of sp³-hybridized carbons (Fsp3) is 0.818. The van der Waals surface area contributed by atoms with E-state index in [4.69, 9.17) is 0 Å². The van der Waals surface area contributed by atoms with Gasteiger partial charge in [0.2, 0.25) is 5.91 Å². The smallest absolute Gasteiger partial charge is 0.329 e. The average molecular weight is 213 g/mol. The van der Waals surface area contributed by atoms with Gasteiger partial charge in [-0.25, -0.2) is 4.79 Å². The highest BCUT2D eigenvalue weighted by molar-refractivity contribution is 5.86. The summed E-state index contributed by atoms with van der Waals surface area (Å²) in [7, 11) is 0. The third-order valence-corrected chi connectivity index (χ3v) is 2.98. The first-order valence-corrected chi connectivity index (χ1v) is 5.46. The van der Waals surface area contributed by atoms with Gasteiger partial charge in [-0.2, -0.15) is 0 Å². The summed E-state index contributed by atoms with van der Waals surface area (Å²) in [5.41, 5.74) is -1.03. The van der Waals surface area contributed by atoms with Crippen molar-refractivity contribution in [1.82, 2.24) is 4.90 Å². The van der Waals surface area contributed by atoms with Crippen LogP contribution in [0.25, 0.3) is 0 Å². The Morgan fingerprint density at radius 1 is 1.47 bits per heavy atom. The number of carbonyl (C=O) groups is 2. The number of carbonyl (C=O) groups excluding carboxylic acids is 1. The molecule has 1 N–H and O–H groups in total. The second-order valence-electron chi connectivity index (χ2n) is 4.45. The lowest BCUT2D eigenvalue weighted by atomic mass is 9.93. The molecule has 0 bridgehead atoms. The van der Waals surface area contributed by atoms with Crippen LogP contribution in [0.4, 0.5) is 0 Å². The number of carboxylic acids is 1. The van der Waals surface area contributed by atoms with Gasteiger partial charge >= 0.3 is 5.97 Å². The number of hydrogen-bond acceptors (Lipinski definition) is 2. The summed E-state index contributed by atoms with van der Waals surface area (Å²) in [5.74, 6) is -1.03. The van der Waals surface area contributed by atoms with Crippen LogP contribution < -0.4 is 0 Å². The number of amides is 1. The quantitative estimate of drug-likeness (QED) is 0.755. The summed E-state index contributed by atoms with van der Waals surface area (Å²) in [6.07, 6.45) is 3.15. The van der Waals surface area contributed by atoms with E-state index in [0.717, 1.165) is 19.3 Å². The second-order valence-corrected chi connectivity index (χ2v) is 4.45. The fourth-order valence-corrected chi connectivity index (χ4v) is 2.16. The SMILES string of the molecule is CCCC(C)(C(=O)O)N(C(C)=O)C1CC1. The van der Waals surface area contributed by atoms with Crippen LogP contribution in [0.2, 0.25) is 0 Å². The molecule has 86 valence electrons. The third-order valence-electron chi connectivity index (χ3n) is 2.98. The molecule has 15 heavy (non-hydrogen) atoms. The fourth-order valence-electron chi connectivity index (χ4n) is 2.16. The zero-order chi connectivity index (χ0) is 11.6. The summed E-state index contributed by atoms with van der Waals surface area (Å²) in [6.45, 7) is 5.04. The minimum Gasteiger partial charge on any atom is -0.480 e. The standard InChI is InChI=1S/C11H19NO3/c1-4-7-11(3,10(14)15)12(8(2)13)9-5-6-9/h9H,4-7H2,1-3H3,(H,14,15). The normalized spacial score (nSPS) is 19.4. The van der Waals surface area contributed by atoms with Crippen molar-refractivity contribution in [2.75, 3.05) is 0 Å². The van der Waals surface area contributed by atoms with Crippen LogP contribution in [0.1, 0.15) is 46.5 Å². The van der Waals surface area contributed by atoms with Crippen molar-refractivity contribution in [3.05, 3.63) is 0 Å². The molecular weight excluding hydrogens is 194 g/mol. The largest absolute Gasteiger partial charge is 0.480 e. The lowest BCUT2D eigenvalue weighted by Crippen LogP contribution is -2.55. The monoisotopic (exact) mass is 213 g/mol. The number of nitrogens with zero attached hydrogens (tertiary/aromatic N) is 1. The summed E-state index contributed by atoms with van der Waals surface area (Å²) < 4.78 is 0. The van der Waals surface area contributed by atoms with Gasteiger partial charge in [-0.15, -0.1) is 0 Å². The predicted molar refractivity (Wildman–Crippen MR) is 56.5 cm³/mol. The average Bonchev–Trinajstić information content (AvgIpc) is 2.87. The van der Waals surface area contributed by atoms with Crippen molar-refractivity contribution in [2.45, 2.75) is 58.0 Å². The van der Waals surface area contributed by atoms with Crippen LogP contribution in [0.3, 0.4) is 0 Å². The second kappa shape index (κ2) is 4.21. The Kier molecular flexibility index (Phi) is 3.37. The van der Waals surface area contributed by atoms with Crippen molar-refractivity contribution in [3.8, 4) is 0 Å². The molecule has 1 fully saturated rings. The Hall–Kier alpha value is -1.06. The van der Waals surface area contributed by atoms with Gasteiger partial charge < -0.3 is 10.0 Å². The molecule has 0 radical (unpaired) electrons. The minimum absolute atomic E-state index is 0.129. The Morgan fingerprint density at radius 3 is 2.27 bits per heavy atom. The Bertz CT molecular complexity index is 273. The van der Waals surface area contributed by atoms with Crippen molar-refractivity contribution >= 4 is 11.9 Å². The van der Waals surface area contributed by atoms with Gasteiger partial charge in [-0.3, -0.25) is 4.79 Å². The van der Waals surface area contributed by atoms with Gasteiger partial charge in [0, 0.05) is 13.0 Å². The van der Waals surface area contributed by atoms with Gasteiger partial charge in [0.25, 0.3) is 0 Å². The molecule has 1 rings (SSSR count). The summed E-state index contributed by atoms with van der Waals surface area (Å²) in [4.78, 5) is 24.4. The molecule has 0 saturated heterocycles. The summed E-state index contributed by atoms with van der Waals surface area (Å²) in [5, 5.41) is 9.27. The van der Waals surface area contributed by atoms with Crippen molar-refractivity contribution in [1.29, 1.82) is 0 Å². The van der Waals surface area contributed by atoms with Crippen LogP contribution in [-0.2, 0) is 9.59 Å². The molecule has 0 spiro atoms. The lowest BCUT2D eigenvalue weighted by molar-refractivity contribution is -0.158. The topological polar surface area (TPSA) is 57.6 Å². The van der Waals surface area contributed by atoms with Crippen LogP contribution in [0.15, 0.2) is 0 Å². The van der Waals surface area contributed by atoms with E-state index in [9.17, 15) is 14.7 Å². The van der Waals surface area contributed by atoms with Crippen molar-refractivity contribution in [3.63, 3.8) is 0 Å². The molecule has 1 atom stereocenters. The van der Waals surface area contributed by atoms with Gasteiger partial charge in [-0.05, 0) is 26.2 Å². The molecule has 1 amide bonds. The molecular formula is C11H19NO3. The molecule has 0 aromatic rings. The maximum atomic E-state index is 11.5. The maximum absolute atomic E-state index is 11.5. The van der Waals surface area contributed by atoms with Gasteiger partial charge in [-0.1, -0.05) is 13.3 Å². The molecule has 0 aromatic carbocycles. The number of carboxylic acid groups (broad SMARTS) is 1. The highest BCUT2D eigenvalue weighted by atomic mass is 16.4. The first kappa shape index (κ1) is 12.0. The number of rotatable bonds is 5. The van der Waals surface area contributed by atoms with E-state index in [1.807, 2.05) is 6.92 Å². The van der Waals surface area contributed by atoms with Gasteiger partial charge in [0.05, 0.1) is 0 Å². The molecule has 4 heteroatoms. The van der Waals surface area contributed by atoms with E-state index < -0.39 is 11.5 Å². The van der Waals surface area contributed by atoms with Crippen molar-refractivity contribution < 1.29 is 14.7 Å². The lowest BCUT2D eigenvalue weighted by Gasteiger charge is -2.37.